The predicted octanol–water partition coefficient (Wildman–Crippen LogP) is 4.64. The van der Waals surface area contributed by atoms with Crippen LogP contribution in [0.25, 0.3) is 11.1 Å². The number of benzene rings is 3. The Hall–Kier alpha value is -3.51. The minimum atomic E-state index is -0.409. The molecule has 7 heteroatoms. The molecule has 0 saturated carbocycles. The highest BCUT2D eigenvalue weighted by atomic mass is 35.5. The van der Waals surface area contributed by atoms with Gasteiger partial charge in [-0.15, -0.1) is 0 Å². The summed E-state index contributed by atoms with van der Waals surface area (Å²) in [6.07, 6.45) is 1.40. The second-order valence-corrected chi connectivity index (χ2v) is 6.66. The second-order valence-electron chi connectivity index (χ2n) is 6.25. The van der Waals surface area contributed by atoms with Crippen LogP contribution in [0.5, 0.6) is 17.2 Å². The summed E-state index contributed by atoms with van der Waals surface area (Å²) in [5, 5.41) is 13.9. The Bertz CT molecular complexity index is 1020. The molecule has 2 N–H and O–H groups in total. The van der Waals surface area contributed by atoms with Gasteiger partial charge in [0.2, 0.25) is 0 Å². The van der Waals surface area contributed by atoms with Crippen LogP contribution < -0.4 is 14.9 Å². The van der Waals surface area contributed by atoms with Crippen LogP contribution in [0.15, 0.2) is 71.8 Å². The van der Waals surface area contributed by atoms with Crippen molar-refractivity contribution in [3.05, 3.63) is 77.3 Å². The number of aromatic hydroxyl groups is 1. The molecule has 154 valence electrons. The zero-order chi connectivity index (χ0) is 21.3. The smallest absolute Gasteiger partial charge is 0.277 e. The molecule has 6 nitrogen and oxygen atoms in total. The van der Waals surface area contributed by atoms with E-state index in [9.17, 15) is 9.90 Å². The van der Waals surface area contributed by atoms with Gasteiger partial charge in [0, 0.05) is 0 Å². The Morgan fingerprint density at radius 2 is 1.77 bits per heavy atom. The SMILES string of the molecule is CCOc1cc(C=NNC(=O)COc2ccc(-c3ccccc3)cc2)cc(Cl)c1O. The fraction of sp³-hybridized carbons (Fsp3) is 0.130. The van der Waals surface area contributed by atoms with Crippen LogP contribution in [0.4, 0.5) is 0 Å². The van der Waals surface area contributed by atoms with Gasteiger partial charge in [0.25, 0.3) is 5.91 Å². The van der Waals surface area contributed by atoms with Crippen molar-refractivity contribution in [3.8, 4) is 28.4 Å². The van der Waals surface area contributed by atoms with E-state index in [0.29, 0.717) is 17.9 Å². The number of carbonyl (C=O) groups excluding carboxylic acids is 1. The van der Waals surface area contributed by atoms with E-state index in [1.54, 1.807) is 13.0 Å². The highest BCUT2D eigenvalue weighted by molar-refractivity contribution is 6.32. The predicted molar refractivity (Wildman–Crippen MR) is 117 cm³/mol. The van der Waals surface area contributed by atoms with Gasteiger partial charge in [-0.05, 0) is 47.9 Å². The highest BCUT2D eigenvalue weighted by Gasteiger charge is 2.09. The number of rotatable bonds is 8. The summed E-state index contributed by atoms with van der Waals surface area (Å²) in [6, 6.07) is 20.6. The van der Waals surface area contributed by atoms with Gasteiger partial charge in [0.15, 0.2) is 18.1 Å². The lowest BCUT2D eigenvalue weighted by Gasteiger charge is -2.08. The van der Waals surface area contributed by atoms with Crippen LogP contribution in [0.1, 0.15) is 12.5 Å². The van der Waals surface area contributed by atoms with Gasteiger partial charge in [-0.3, -0.25) is 4.79 Å². The standard InChI is InChI=1S/C23H21ClN2O4/c1-2-29-21-13-16(12-20(24)23(21)28)14-25-26-22(27)15-30-19-10-8-18(9-11-19)17-6-4-3-5-7-17/h3-14,28H,2,15H2,1H3,(H,26,27). The maximum absolute atomic E-state index is 11.9. The number of carbonyl (C=O) groups is 1. The summed E-state index contributed by atoms with van der Waals surface area (Å²) in [4.78, 5) is 11.9. The van der Waals surface area contributed by atoms with Crippen molar-refractivity contribution in [2.75, 3.05) is 13.2 Å². The fourth-order valence-corrected chi connectivity index (χ4v) is 2.89. The van der Waals surface area contributed by atoms with E-state index in [1.807, 2.05) is 54.6 Å². The Morgan fingerprint density at radius 1 is 1.07 bits per heavy atom. The molecular weight excluding hydrogens is 404 g/mol. The van der Waals surface area contributed by atoms with Gasteiger partial charge in [0.1, 0.15) is 5.75 Å². The van der Waals surface area contributed by atoms with Crippen molar-refractivity contribution in [3.63, 3.8) is 0 Å². The summed E-state index contributed by atoms with van der Waals surface area (Å²) in [5.41, 5.74) is 5.13. The zero-order valence-corrected chi connectivity index (χ0v) is 17.1. The molecule has 3 aromatic carbocycles. The molecule has 1 amide bonds. The van der Waals surface area contributed by atoms with E-state index in [0.717, 1.165) is 11.1 Å². The maximum atomic E-state index is 11.9. The molecule has 0 heterocycles. The first-order chi connectivity index (χ1) is 14.6. The number of halogens is 1. The number of nitrogens with one attached hydrogen (secondary N) is 1. The third-order valence-electron chi connectivity index (χ3n) is 4.08. The minimum Gasteiger partial charge on any atom is -0.503 e. The van der Waals surface area contributed by atoms with Crippen LogP contribution in [-0.2, 0) is 4.79 Å². The minimum absolute atomic E-state index is 0.133. The maximum Gasteiger partial charge on any atom is 0.277 e. The Morgan fingerprint density at radius 3 is 2.47 bits per heavy atom. The molecule has 30 heavy (non-hydrogen) atoms. The average Bonchev–Trinajstić information content (AvgIpc) is 2.77. The number of phenols is 1. The molecule has 0 unspecified atom stereocenters. The Kier molecular flexibility index (Phi) is 7.29. The van der Waals surface area contributed by atoms with E-state index in [2.05, 4.69) is 10.5 Å². The number of hydrazone groups is 1. The van der Waals surface area contributed by atoms with Crippen molar-refractivity contribution < 1.29 is 19.4 Å². The van der Waals surface area contributed by atoms with Gasteiger partial charge in [-0.2, -0.15) is 5.10 Å². The lowest BCUT2D eigenvalue weighted by Crippen LogP contribution is -2.24. The molecule has 3 aromatic rings. The van der Waals surface area contributed by atoms with Crippen LogP contribution in [0.3, 0.4) is 0 Å². The molecule has 0 aliphatic heterocycles. The number of hydrogen-bond acceptors (Lipinski definition) is 5. The monoisotopic (exact) mass is 424 g/mol. The summed E-state index contributed by atoms with van der Waals surface area (Å²) in [5.74, 6) is 0.292. The largest absolute Gasteiger partial charge is 0.503 e. The van der Waals surface area contributed by atoms with Crippen molar-refractivity contribution >= 4 is 23.7 Å². The van der Waals surface area contributed by atoms with Gasteiger partial charge < -0.3 is 14.6 Å². The summed E-state index contributed by atoms with van der Waals surface area (Å²) in [7, 11) is 0. The third-order valence-corrected chi connectivity index (χ3v) is 4.37. The fourth-order valence-electron chi connectivity index (χ4n) is 2.67. The van der Waals surface area contributed by atoms with Crippen LogP contribution in [-0.4, -0.2) is 30.4 Å². The molecule has 0 aliphatic carbocycles. The van der Waals surface area contributed by atoms with Crippen molar-refractivity contribution in [2.24, 2.45) is 5.10 Å². The quantitative estimate of drug-likeness (QED) is 0.407. The molecule has 0 atom stereocenters. The van der Waals surface area contributed by atoms with Crippen molar-refractivity contribution in [1.29, 1.82) is 0 Å². The van der Waals surface area contributed by atoms with E-state index in [4.69, 9.17) is 21.1 Å². The Labute approximate surface area is 179 Å². The van der Waals surface area contributed by atoms with Gasteiger partial charge >= 0.3 is 0 Å². The summed E-state index contributed by atoms with van der Waals surface area (Å²) >= 11 is 5.96. The number of phenolic OH excluding ortho intramolecular Hbond substituents is 1. The molecule has 0 aromatic heterocycles. The lowest BCUT2D eigenvalue weighted by molar-refractivity contribution is -0.123. The van der Waals surface area contributed by atoms with Crippen molar-refractivity contribution in [1.82, 2.24) is 5.43 Å². The molecule has 0 bridgehead atoms. The molecule has 0 radical (unpaired) electrons. The molecule has 3 rings (SSSR count). The number of nitrogens with zero attached hydrogens (tertiary/aromatic N) is 1. The normalized spacial score (nSPS) is 10.7. The van der Waals surface area contributed by atoms with Crippen LogP contribution in [0.2, 0.25) is 5.02 Å². The molecule has 0 fully saturated rings. The average molecular weight is 425 g/mol. The van der Waals surface area contributed by atoms with E-state index < -0.39 is 5.91 Å². The van der Waals surface area contributed by atoms with E-state index in [1.165, 1.54) is 12.3 Å². The zero-order valence-electron chi connectivity index (χ0n) is 16.3. The number of hydrogen-bond donors (Lipinski definition) is 2. The number of ether oxygens (including phenoxy) is 2. The summed E-state index contributed by atoms with van der Waals surface area (Å²) < 4.78 is 10.8. The van der Waals surface area contributed by atoms with Gasteiger partial charge in [-0.25, -0.2) is 5.43 Å². The second kappa shape index (κ2) is 10.3. The first-order valence-electron chi connectivity index (χ1n) is 9.32. The first kappa shape index (κ1) is 21.2. The Balaban J connectivity index is 1.51. The molecule has 0 aliphatic rings. The third kappa shape index (κ3) is 5.75. The van der Waals surface area contributed by atoms with Crippen molar-refractivity contribution in [2.45, 2.75) is 6.92 Å². The number of amides is 1. The van der Waals surface area contributed by atoms with E-state index in [-0.39, 0.29) is 23.1 Å². The van der Waals surface area contributed by atoms with E-state index >= 15 is 0 Å². The molecular formula is C23H21ClN2O4. The lowest BCUT2D eigenvalue weighted by atomic mass is 10.1. The topological polar surface area (TPSA) is 80.2 Å². The molecule has 0 saturated heterocycles. The van der Waals surface area contributed by atoms with Gasteiger partial charge in [0.05, 0.1) is 17.8 Å². The van der Waals surface area contributed by atoms with Gasteiger partial charge in [-0.1, -0.05) is 54.1 Å². The molecule has 0 spiro atoms. The first-order valence-corrected chi connectivity index (χ1v) is 9.70. The summed E-state index contributed by atoms with van der Waals surface area (Å²) in [6.45, 7) is 2.00. The van der Waals surface area contributed by atoms with Crippen LogP contribution >= 0.6 is 11.6 Å². The highest BCUT2D eigenvalue weighted by Crippen LogP contribution is 2.34. The van der Waals surface area contributed by atoms with Crippen LogP contribution in [0, 0.1) is 0 Å².